The van der Waals surface area contributed by atoms with Crippen LogP contribution in [0, 0.1) is 0 Å². The van der Waals surface area contributed by atoms with E-state index in [-0.39, 0.29) is 0 Å². The van der Waals surface area contributed by atoms with Gasteiger partial charge in [0.2, 0.25) is 5.95 Å². The summed E-state index contributed by atoms with van der Waals surface area (Å²) in [7, 11) is 0. The number of hydrogen-bond donors (Lipinski definition) is 0. The molecule has 240 valence electrons. The molecular formula is C48H27N3O. The first-order chi connectivity index (χ1) is 25.8. The molecule has 3 aromatic heterocycles. The molecule has 9 aromatic carbocycles. The molecule has 4 nitrogen and oxygen atoms in total. The van der Waals surface area contributed by atoms with Crippen LogP contribution in [0.3, 0.4) is 0 Å². The van der Waals surface area contributed by atoms with Crippen LogP contribution in [-0.2, 0) is 0 Å². The number of para-hydroxylation sites is 3. The Morgan fingerprint density at radius 3 is 1.81 bits per heavy atom. The Labute approximate surface area is 296 Å². The highest BCUT2D eigenvalue weighted by molar-refractivity contribution is 6.44. The fourth-order valence-corrected chi connectivity index (χ4v) is 8.76. The molecule has 12 aromatic rings. The summed E-state index contributed by atoms with van der Waals surface area (Å²) < 4.78 is 9.25. The van der Waals surface area contributed by atoms with Gasteiger partial charge < -0.3 is 4.42 Å². The van der Waals surface area contributed by atoms with Gasteiger partial charge in [-0.05, 0) is 56.6 Å². The topological polar surface area (TPSA) is 43.9 Å². The Kier molecular flexibility index (Phi) is 5.47. The molecule has 0 aliphatic carbocycles. The van der Waals surface area contributed by atoms with Gasteiger partial charge in [0, 0.05) is 43.3 Å². The van der Waals surface area contributed by atoms with E-state index in [0.29, 0.717) is 5.95 Å². The Balaban J connectivity index is 1.33. The van der Waals surface area contributed by atoms with Crippen LogP contribution in [0.4, 0.5) is 0 Å². The smallest absolute Gasteiger partial charge is 0.235 e. The van der Waals surface area contributed by atoms with Crippen molar-refractivity contribution in [2.45, 2.75) is 0 Å². The molecule has 4 heteroatoms. The minimum atomic E-state index is 0.610. The van der Waals surface area contributed by atoms with E-state index in [2.05, 4.69) is 168 Å². The third-order valence-electron chi connectivity index (χ3n) is 10.9. The average Bonchev–Trinajstić information content (AvgIpc) is 3.77. The highest BCUT2D eigenvalue weighted by atomic mass is 16.3. The van der Waals surface area contributed by atoms with Gasteiger partial charge in [0.25, 0.3) is 0 Å². The summed E-state index contributed by atoms with van der Waals surface area (Å²) >= 11 is 0. The molecule has 0 amide bonds. The SMILES string of the molecule is c1ccc2cc(-c3nc(-n4c5ccccc5c5c6c7ccccc7c7ccccc7c6c6c7ccccc7oc6c54)nc4ccccc34)ccc2c1. The molecule has 0 N–H and O–H groups in total. The maximum Gasteiger partial charge on any atom is 0.235 e. The predicted octanol–water partition coefficient (Wildman–Crippen LogP) is 12.9. The van der Waals surface area contributed by atoms with Crippen molar-refractivity contribution in [3.63, 3.8) is 0 Å². The number of furan rings is 1. The van der Waals surface area contributed by atoms with Crippen LogP contribution >= 0.6 is 0 Å². The lowest BCUT2D eigenvalue weighted by atomic mass is 9.89. The molecule has 0 aliphatic rings. The summed E-state index contributed by atoms with van der Waals surface area (Å²) in [6.07, 6.45) is 0. The molecule has 12 rings (SSSR count). The Morgan fingerprint density at radius 2 is 1.02 bits per heavy atom. The minimum absolute atomic E-state index is 0.610. The second-order valence-corrected chi connectivity index (χ2v) is 13.7. The third kappa shape index (κ3) is 3.65. The average molecular weight is 662 g/mol. The molecule has 0 atom stereocenters. The zero-order chi connectivity index (χ0) is 33.9. The van der Waals surface area contributed by atoms with Gasteiger partial charge in [-0.3, -0.25) is 4.57 Å². The van der Waals surface area contributed by atoms with Crippen molar-refractivity contribution in [2.24, 2.45) is 0 Å². The van der Waals surface area contributed by atoms with Gasteiger partial charge in [-0.2, -0.15) is 0 Å². The molecule has 3 heterocycles. The Morgan fingerprint density at radius 1 is 0.423 bits per heavy atom. The second-order valence-electron chi connectivity index (χ2n) is 13.7. The first kappa shape index (κ1) is 27.7. The van der Waals surface area contributed by atoms with Crippen molar-refractivity contribution in [3.8, 4) is 17.2 Å². The number of rotatable bonds is 2. The summed E-state index contributed by atoms with van der Waals surface area (Å²) in [6.45, 7) is 0. The molecule has 0 fully saturated rings. The molecule has 0 spiro atoms. The second kappa shape index (κ2) is 10.3. The van der Waals surface area contributed by atoms with Crippen LogP contribution in [-0.4, -0.2) is 14.5 Å². The van der Waals surface area contributed by atoms with Crippen molar-refractivity contribution >= 4 is 97.7 Å². The number of nitrogens with zero attached hydrogens (tertiary/aromatic N) is 3. The summed E-state index contributed by atoms with van der Waals surface area (Å²) in [5.41, 5.74) is 6.54. The number of hydrogen-bond acceptors (Lipinski definition) is 3. The van der Waals surface area contributed by atoms with Crippen LogP contribution in [0.1, 0.15) is 0 Å². The van der Waals surface area contributed by atoms with Crippen molar-refractivity contribution in [3.05, 3.63) is 164 Å². The van der Waals surface area contributed by atoms with Gasteiger partial charge in [-0.25, -0.2) is 9.97 Å². The lowest BCUT2D eigenvalue weighted by Crippen LogP contribution is -2.03. The molecule has 0 aliphatic heterocycles. The van der Waals surface area contributed by atoms with Gasteiger partial charge in [-0.1, -0.05) is 140 Å². The zero-order valence-corrected chi connectivity index (χ0v) is 27.8. The number of aromatic nitrogens is 3. The molecule has 52 heavy (non-hydrogen) atoms. The quantitative estimate of drug-likeness (QED) is 0.173. The fourth-order valence-electron chi connectivity index (χ4n) is 8.76. The van der Waals surface area contributed by atoms with Crippen molar-refractivity contribution in [2.75, 3.05) is 0 Å². The first-order valence-electron chi connectivity index (χ1n) is 17.7. The van der Waals surface area contributed by atoms with Crippen LogP contribution in [0.25, 0.3) is 115 Å². The Hall–Kier alpha value is -7.04. The Bertz CT molecular complexity index is 3480. The molecule has 0 saturated heterocycles. The van der Waals surface area contributed by atoms with Crippen molar-refractivity contribution in [1.82, 2.24) is 14.5 Å². The van der Waals surface area contributed by atoms with Gasteiger partial charge in [0.05, 0.1) is 16.7 Å². The van der Waals surface area contributed by atoms with Gasteiger partial charge >= 0.3 is 0 Å². The molecular weight excluding hydrogens is 635 g/mol. The van der Waals surface area contributed by atoms with E-state index in [0.717, 1.165) is 65.9 Å². The number of fused-ring (bicyclic) bond motifs is 17. The van der Waals surface area contributed by atoms with E-state index in [9.17, 15) is 0 Å². The van der Waals surface area contributed by atoms with Gasteiger partial charge in [0.15, 0.2) is 5.58 Å². The van der Waals surface area contributed by atoms with Crippen molar-refractivity contribution in [1.29, 1.82) is 0 Å². The summed E-state index contributed by atoms with van der Waals surface area (Å²) in [5.74, 6) is 0.610. The monoisotopic (exact) mass is 661 g/mol. The molecule has 0 bridgehead atoms. The predicted molar refractivity (Wildman–Crippen MR) is 217 cm³/mol. The summed E-state index contributed by atoms with van der Waals surface area (Å²) in [4.78, 5) is 10.8. The highest BCUT2D eigenvalue weighted by Crippen LogP contribution is 2.50. The molecule has 0 saturated carbocycles. The first-order valence-corrected chi connectivity index (χ1v) is 17.7. The van der Waals surface area contributed by atoms with E-state index in [1.54, 1.807) is 0 Å². The highest BCUT2D eigenvalue weighted by Gasteiger charge is 2.27. The maximum absolute atomic E-state index is 7.00. The van der Waals surface area contributed by atoms with E-state index in [1.165, 1.54) is 43.1 Å². The van der Waals surface area contributed by atoms with Crippen LogP contribution in [0.15, 0.2) is 168 Å². The van der Waals surface area contributed by atoms with E-state index >= 15 is 0 Å². The molecule has 0 unspecified atom stereocenters. The fraction of sp³-hybridized carbons (Fsp3) is 0. The minimum Gasteiger partial charge on any atom is -0.454 e. The normalized spacial score (nSPS) is 12.2. The standard InChI is InChI=1S/C48H27N3O/c1-2-14-29-27-30(26-25-28(29)13-1)45-35-19-7-10-22-38(35)49-48(50-45)51-39-23-11-8-20-36(39)43-41-33-17-5-3-15-31(33)32-16-4-6-18-34(32)42(41)44-37-21-9-12-24-40(37)52-47(44)46(43)51/h1-27H. The largest absolute Gasteiger partial charge is 0.454 e. The van der Waals surface area contributed by atoms with Crippen LogP contribution in [0.5, 0.6) is 0 Å². The lowest BCUT2D eigenvalue weighted by Gasteiger charge is -2.14. The van der Waals surface area contributed by atoms with Gasteiger partial charge in [0.1, 0.15) is 11.1 Å². The lowest BCUT2D eigenvalue weighted by molar-refractivity contribution is 0.671. The van der Waals surface area contributed by atoms with E-state index in [4.69, 9.17) is 14.4 Å². The van der Waals surface area contributed by atoms with Crippen molar-refractivity contribution < 1.29 is 4.42 Å². The van der Waals surface area contributed by atoms with E-state index < -0.39 is 0 Å². The summed E-state index contributed by atoms with van der Waals surface area (Å²) in [5, 5.41) is 15.2. The zero-order valence-electron chi connectivity index (χ0n) is 27.8. The molecule has 0 radical (unpaired) electrons. The van der Waals surface area contributed by atoms with Crippen LogP contribution < -0.4 is 0 Å². The third-order valence-corrected chi connectivity index (χ3v) is 10.9. The van der Waals surface area contributed by atoms with E-state index in [1.807, 2.05) is 0 Å². The maximum atomic E-state index is 7.00. The summed E-state index contributed by atoms with van der Waals surface area (Å²) in [6, 6.07) is 58.1. The van der Waals surface area contributed by atoms with Gasteiger partial charge in [-0.15, -0.1) is 0 Å². The van der Waals surface area contributed by atoms with Crippen LogP contribution in [0.2, 0.25) is 0 Å². The number of benzene rings is 9.